The van der Waals surface area contributed by atoms with Gasteiger partial charge >= 0.3 is 0 Å². The van der Waals surface area contributed by atoms with Gasteiger partial charge in [0, 0.05) is 5.56 Å². The van der Waals surface area contributed by atoms with Gasteiger partial charge in [0.1, 0.15) is 5.75 Å². The minimum absolute atomic E-state index is 0.0267. The second kappa shape index (κ2) is 8.71. The molecule has 5 nitrogen and oxygen atoms in total. The smallest absolute Gasteiger partial charge is 0.269 e. The molecule has 0 spiro atoms. The number of hydrogen-bond acceptors (Lipinski definition) is 3. The molecular weight excluding hydrogens is 340 g/mol. The van der Waals surface area contributed by atoms with Crippen molar-refractivity contribution >= 4 is 11.8 Å². The number of hydrazine groups is 1. The molecular formula is C22H28N2O3. The van der Waals surface area contributed by atoms with Gasteiger partial charge < -0.3 is 4.74 Å². The first kappa shape index (κ1) is 20.5. The largest absolute Gasteiger partial charge is 0.493 e. The summed E-state index contributed by atoms with van der Waals surface area (Å²) in [5.41, 5.74) is 8.64. The lowest BCUT2D eigenvalue weighted by molar-refractivity contribution is -0.122. The van der Waals surface area contributed by atoms with Crippen LogP contribution in [0.25, 0.3) is 0 Å². The van der Waals surface area contributed by atoms with Crippen molar-refractivity contribution in [3.63, 3.8) is 0 Å². The number of amides is 2. The predicted molar refractivity (Wildman–Crippen MR) is 107 cm³/mol. The number of aryl methyl sites for hydroxylation is 2. The molecule has 144 valence electrons. The van der Waals surface area contributed by atoms with Crippen LogP contribution in [0.1, 0.15) is 54.2 Å². The Morgan fingerprint density at radius 1 is 0.963 bits per heavy atom. The molecule has 0 heterocycles. The first-order chi connectivity index (χ1) is 12.7. The van der Waals surface area contributed by atoms with Crippen LogP contribution in [-0.2, 0) is 10.2 Å². The highest BCUT2D eigenvalue weighted by atomic mass is 16.5. The maximum atomic E-state index is 12.1. The Kier molecular flexibility index (Phi) is 6.61. The SMILES string of the molecule is Cc1ccc(C)c(OCCC(=O)NNC(=O)c2ccc(C(C)(C)C)cc2)c1. The normalized spacial score (nSPS) is 11.0. The topological polar surface area (TPSA) is 67.4 Å². The molecule has 5 heteroatoms. The van der Waals surface area contributed by atoms with Gasteiger partial charge in [0.15, 0.2) is 0 Å². The Labute approximate surface area is 161 Å². The van der Waals surface area contributed by atoms with E-state index in [0.717, 1.165) is 22.4 Å². The van der Waals surface area contributed by atoms with Crippen LogP contribution < -0.4 is 15.6 Å². The van der Waals surface area contributed by atoms with E-state index >= 15 is 0 Å². The molecule has 2 amide bonds. The van der Waals surface area contributed by atoms with E-state index in [4.69, 9.17) is 4.74 Å². The second-order valence-corrected chi connectivity index (χ2v) is 7.70. The van der Waals surface area contributed by atoms with Crippen LogP contribution in [0.3, 0.4) is 0 Å². The number of ether oxygens (including phenoxy) is 1. The second-order valence-electron chi connectivity index (χ2n) is 7.70. The highest BCUT2D eigenvalue weighted by molar-refractivity contribution is 5.95. The Balaban J connectivity index is 1.78. The van der Waals surface area contributed by atoms with Crippen molar-refractivity contribution in [2.45, 2.75) is 46.5 Å². The van der Waals surface area contributed by atoms with Gasteiger partial charge in [-0.05, 0) is 54.2 Å². The van der Waals surface area contributed by atoms with Crippen molar-refractivity contribution in [2.24, 2.45) is 0 Å². The summed E-state index contributed by atoms with van der Waals surface area (Å²) in [6.45, 7) is 10.5. The van der Waals surface area contributed by atoms with E-state index in [2.05, 4.69) is 31.6 Å². The van der Waals surface area contributed by atoms with Crippen molar-refractivity contribution in [2.75, 3.05) is 6.61 Å². The Morgan fingerprint density at radius 2 is 1.63 bits per heavy atom. The molecule has 0 fully saturated rings. The van der Waals surface area contributed by atoms with E-state index < -0.39 is 0 Å². The third-order valence-electron chi connectivity index (χ3n) is 4.26. The molecule has 0 unspecified atom stereocenters. The number of carbonyl (C=O) groups excluding carboxylic acids is 2. The fourth-order valence-corrected chi connectivity index (χ4v) is 2.50. The van der Waals surface area contributed by atoms with Crippen LogP contribution in [0.5, 0.6) is 5.75 Å². The van der Waals surface area contributed by atoms with Crippen LogP contribution in [0.15, 0.2) is 42.5 Å². The maximum absolute atomic E-state index is 12.1. The summed E-state index contributed by atoms with van der Waals surface area (Å²) < 4.78 is 5.65. The van der Waals surface area contributed by atoms with Crippen LogP contribution >= 0.6 is 0 Å². The van der Waals surface area contributed by atoms with Crippen LogP contribution in [0, 0.1) is 13.8 Å². The molecule has 0 saturated carbocycles. The van der Waals surface area contributed by atoms with Crippen molar-refractivity contribution in [3.8, 4) is 5.75 Å². The molecule has 2 aromatic rings. The summed E-state index contributed by atoms with van der Waals surface area (Å²) in [6, 6.07) is 13.3. The van der Waals surface area contributed by atoms with E-state index in [1.54, 1.807) is 12.1 Å². The van der Waals surface area contributed by atoms with Crippen molar-refractivity contribution in [1.82, 2.24) is 10.9 Å². The van der Waals surface area contributed by atoms with E-state index in [1.165, 1.54) is 0 Å². The van der Waals surface area contributed by atoms with E-state index in [9.17, 15) is 9.59 Å². The summed E-state index contributed by atoms with van der Waals surface area (Å²) in [5, 5.41) is 0. The molecule has 2 N–H and O–H groups in total. The Hall–Kier alpha value is -2.82. The number of benzene rings is 2. The summed E-state index contributed by atoms with van der Waals surface area (Å²) in [4.78, 5) is 24.0. The van der Waals surface area contributed by atoms with E-state index in [0.29, 0.717) is 5.56 Å². The lowest BCUT2D eigenvalue weighted by atomic mass is 9.87. The van der Waals surface area contributed by atoms with Crippen LogP contribution in [-0.4, -0.2) is 18.4 Å². The minimum Gasteiger partial charge on any atom is -0.493 e. The first-order valence-corrected chi connectivity index (χ1v) is 9.06. The highest BCUT2D eigenvalue weighted by Crippen LogP contribution is 2.22. The summed E-state index contributed by atoms with van der Waals surface area (Å²) >= 11 is 0. The number of carbonyl (C=O) groups is 2. The third-order valence-corrected chi connectivity index (χ3v) is 4.26. The van der Waals surface area contributed by atoms with E-state index in [1.807, 2.05) is 44.2 Å². The molecule has 0 aliphatic carbocycles. The minimum atomic E-state index is -0.348. The average Bonchev–Trinajstić information content (AvgIpc) is 2.62. The lowest BCUT2D eigenvalue weighted by Gasteiger charge is -2.19. The van der Waals surface area contributed by atoms with Crippen LogP contribution in [0.2, 0.25) is 0 Å². The Morgan fingerprint density at radius 3 is 2.26 bits per heavy atom. The quantitative estimate of drug-likeness (QED) is 0.788. The standard InChI is InChI=1S/C22H28N2O3/c1-15-6-7-16(2)19(14-15)27-13-12-20(25)23-24-21(26)17-8-10-18(11-9-17)22(3,4)5/h6-11,14H,12-13H2,1-5H3,(H,23,25)(H,24,26). The molecule has 27 heavy (non-hydrogen) atoms. The fraction of sp³-hybridized carbons (Fsp3) is 0.364. The summed E-state index contributed by atoms with van der Waals surface area (Å²) in [5.74, 6) is 0.116. The van der Waals surface area contributed by atoms with Gasteiger partial charge in [0.2, 0.25) is 5.91 Å². The molecule has 0 aromatic heterocycles. The van der Waals surface area contributed by atoms with Gasteiger partial charge in [-0.3, -0.25) is 20.4 Å². The molecule has 0 radical (unpaired) electrons. The first-order valence-electron chi connectivity index (χ1n) is 9.06. The summed E-state index contributed by atoms with van der Waals surface area (Å²) in [6.07, 6.45) is 0.149. The molecule has 0 bridgehead atoms. The van der Waals surface area contributed by atoms with Gasteiger partial charge in [0.05, 0.1) is 13.0 Å². The molecule has 0 aliphatic heterocycles. The van der Waals surface area contributed by atoms with Crippen molar-refractivity contribution in [1.29, 1.82) is 0 Å². The van der Waals surface area contributed by atoms with Gasteiger partial charge in [-0.15, -0.1) is 0 Å². The Bertz CT molecular complexity index is 805. The number of rotatable bonds is 5. The predicted octanol–water partition coefficient (Wildman–Crippen LogP) is 3.83. The number of nitrogens with one attached hydrogen (secondary N) is 2. The molecule has 0 saturated heterocycles. The third kappa shape index (κ3) is 6.13. The fourth-order valence-electron chi connectivity index (χ4n) is 2.50. The lowest BCUT2D eigenvalue weighted by Crippen LogP contribution is -2.42. The summed E-state index contributed by atoms with van der Waals surface area (Å²) in [7, 11) is 0. The van der Waals surface area contributed by atoms with Gasteiger partial charge in [-0.25, -0.2) is 0 Å². The maximum Gasteiger partial charge on any atom is 0.269 e. The molecule has 0 atom stereocenters. The van der Waals surface area contributed by atoms with Crippen molar-refractivity contribution < 1.29 is 14.3 Å². The van der Waals surface area contributed by atoms with Crippen molar-refractivity contribution in [3.05, 3.63) is 64.7 Å². The number of hydrogen-bond donors (Lipinski definition) is 2. The van der Waals surface area contributed by atoms with Gasteiger partial charge in [-0.1, -0.05) is 45.0 Å². The zero-order valence-electron chi connectivity index (χ0n) is 16.7. The van der Waals surface area contributed by atoms with Gasteiger partial charge in [-0.2, -0.15) is 0 Å². The zero-order valence-corrected chi connectivity index (χ0v) is 16.7. The van der Waals surface area contributed by atoms with E-state index in [-0.39, 0.29) is 30.3 Å². The molecule has 2 rings (SSSR count). The monoisotopic (exact) mass is 368 g/mol. The van der Waals surface area contributed by atoms with Crippen LogP contribution in [0.4, 0.5) is 0 Å². The molecule has 2 aromatic carbocycles. The zero-order chi connectivity index (χ0) is 20.0. The highest BCUT2D eigenvalue weighted by Gasteiger charge is 2.14. The molecule has 0 aliphatic rings. The average molecular weight is 368 g/mol. The van der Waals surface area contributed by atoms with Gasteiger partial charge in [0.25, 0.3) is 5.91 Å².